The maximum Gasteiger partial charge on any atom is 0.151 e. The molecular formula is C15H11Br2N3S. The maximum atomic E-state index is 9.04. The van der Waals surface area contributed by atoms with Crippen LogP contribution in [0.25, 0.3) is 21.7 Å². The van der Waals surface area contributed by atoms with E-state index < -0.39 is 0 Å². The van der Waals surface area contributed by atoms with Crippen LogP contribution in [0.3, 0.4) is 0 Å². The van der Waals surface area contributed by atoms with E-state index in [1.54, 1.807) is 11.3 Å². The molecule has 0 saturated heterocycles. The average molecular weight is 425 g/mol. The minimum Gasteiger partial charge on any atom is -0.321 e. The number of fused-ring (bicyclic) bond motifs is 1. The number of halogens is 2. The van der Waals surface area contributed by atoms with Crippen LogP contribution in [0, 0.1) is 11.3 Å². The van der Waals surface area contributed by atoms with Gasteiger partial charge in [-0.15, -0.1) is 11.3 Å². The number of nitrogens with zero attached hydrogens (tertiary/aromatic N) is 3. The monoisotopic (exact) mass is 423 g/mol. The fourth-order valence-electron chi connectivity index (χ4n) is 2.32. The SMILES string of the molecule is CC(C)n1c(-c2cc(Br)c(Br)s2)nc2cc(C#N)ccc21. The summed E-state index contributed by atoms with van der Waals surface area (Å²) in [4.78, 5) is 5.84. The van der Waals surface area contributed by atoms with E-state index in [4.69, 9.17) is 10.2 Å². The van der Waals surface area contributed by atoms with Crippen LogP contribution < -0.4 is 0 Å². The van der Waals surface area contributed by atoms with Crippen molar-refractivity contribution >= 4 is 54.2 Å². The van der Waals surface area contributed by atoms with Crippen molar-refractivity contribution in [1.82, 2.24) is 9.55 Å². The Bertz CT molecular complexity index is 852. The van der Waals surface area contributed by atoms with Crippen molar-refractivity contribution in [2.75, 3.05) is 0 Å². The summed E-state index contributed by atoms with van der Waals surface area (Å²) in [5.41, 5.74) is 2.55. The first-order chi connectivity index (χ1) is 10.0. The van der Waals surface area contributed by atoms with Gasteiger partial charge in [0.15, 0.2) is 5.82 Å². The van der Waals surface area contributed by atoms with Gasteiger partial charge in [-0.2, -0.15) is 5.26 Å². The number of imidazole rings is 1. The highest BCUT2D eigenvalue weighted by Crippen LogP contribution is 2.39. The Morgan fingerprint density at radius 1 is 1.29 bits per heavy atom. The highest BCUT2D eigenvalue weighted by Gasteiger charge is 2.18. The minimum absolute atomic E-state index is 0.289. The van der Waals surface area contributed by atoms with Gasteiger partial charge in [-0.1, -0.05) is 0 Å². The molecule has 0 saturated carbocycles. The summed E-state index contributed by atoms with van der Waals surface area (Å²) in [6.07, 6.45) is 0. The molecule has 106 valence electrons. The average Bonchev–Trinajstić information content (AvgIpc) is 2.98. The zero-order chi connectivity index (χ0) is 15.1. The lowest BCUT2D eigenvalue weighted by Gasteiger charge is -2.11. The molecule has 1 aromatic carbocycles. The van der Waals surface area contributed by atoms with E-state index in [-0.39, 0.29) is 6.04 Å². The third kappa shape index (κ3) is 2.54. The molecule has 0 N–H and O–H groups in total. The second kappa shape index (κ2) is 5.56. The summed E-state index contributed by atoms with van der Waals surface area (Å²) in [5.74, 6) is 0.937. The zero-order valence-electron chi connectivity index (χ0n) is 11.4. The van der Waals surface area contributed by atoms with Crippen LogP contribution in [0.4, 0.5) is 0 Å². The lowest BCUT2D eigenvalue weighted by atomic mass is 10.2. The highest BCUT2D eigenvalue weighted by molar-refractivity contribution is 9.13. The molecule has 0 spiro atoms. The molecule has 2 aromatic heterocycles. The van der Waals surface area contributed by atoms with E-state index in [0.29, 0.717) is 5.56 Å². The van der Waals surface area contributed by atoms with Crippen molar-refractivity contribution in [1.29, 1.82) is 5.26 Å². The first-order valence-corrected chi connectivity index (χ1v) is 8.79. The molecule has 6 heteroatoms. The summed E-state index contributed by atoms with van der Waals surface area (Å²) in [5, 5.41) is 9.04. The van der Waals surface area contributed by atoms with E-state index in [2.05, 4.69) is 62.4 Å². The second-order valence-electron chi connectivity index (χ2n) is 4.95. The van der Waals surface area contributed by atoms with Crippen LogP contribution in [-0.4, -0.2) is 9.55 Å². The lowest BCUT2D eigenvalue weighted by molar-refractivity contribution is 0.625. The topological polar surface area (TPSA) is 41.6 Å². The summed E-state index contributed by atoms with van der Waals surface area (Å²) < 4.78 is 4.29. The van der Waals surface area contributed by atoms with Gasteiger partial charge in [0, 0.05) is 10.5 Å². The van der Waals surface area contributed by atoms with Gasteiger partial charge in [0.25, 0.3) is 0 Å². The molecule has 2 heterocycles. The predicted molar refractivity (Wildman–Crippen MR) is 93.5 cm³/mol. The van der Waals surface area contributed by atoms with Crippen LogP contribution in [-0.2, 0) is 0 Å². The smallest absolute Gasteiger partial charge is 0.151 e. The standard InChI is InChI=1S/C15H11Br2N3S/c1-8(2)20-12-4-3-9(7-18)5-11(12)19-15(20)13-6-10(16)14(17)21-13/h3-6,8H,1-2H3. The van der Waals surface area contributed by atoms with E-state index in [9.17, 15) is 0 Å². The number of rotatable bonds is 2. The number of nitriles is 1. The molecule has 0 aliphatic rings. The van der Waals surface area contributed by atoms with Crippen molar-refractivity contribution < 1.29 is 0 Å². The maximum absolute atomic E-state index is 9.04. The normalized spacial score (nSPS) is 11.2. The first kappa shape index (κ1) is 14.8. The Kier molecular flexibility index (Phi) is 3.91. The van der Waals surface area contributed by atoms with E-state index in [1.165, 1.54) is 0 Å². The van der Waals surface area contributed by atoms with Gasteiger partial charge in [0.05, 0.1) is 31.3 Å². The fraction of sp³-hybridized carbons (Fsp3) is 0.200. The van der Waals surface area contributed by atoms with Gasteiger partial charge < -0.3 is 4.57 Å². The molecule has 3 aromatic rings. The Morgan fingerprint density at radius 3 is 2.62 bits per heavy atom. The molecule has 0 bridgehead atoms. The molecule has 0 unspecified atom stereocenters. The molecule has 0 radical (unpaired) electrons. The summed E-state index contributed by atoms with van der Waals surface area (Å²) in [7, 11) is 0. The Morgan fingerprint density at radius 2 is 2.05 bits per heavy atom. The molecule has 0 amide bonds. The molecular weight excluding hydrogens is 414 g/mol. The van der Waals surface area contributed by atoms with Gasteiger partial charge >= 0.3 is 0 Å². The van der Waals surface area contributed by atoms with E-state index >= 15 is 0 Å². The van der Waals surface area contributed by atoms with Gasteiger partial charge in [-0.3, -0.25) is 0 Å². The first-order valence-electron chi connectivity index (χ1n) is 6.38. The third-order valence-electron chi connectivity index (χ3n) is 3.20. The molecule has 0 atom stereocenters. The molecule has 3 rings (SSSR count). The van der Waals surface area contributed by atoms with Gasteiger partial charge in [0.1, 0.15) is 0 Å². The number of thiophene rings is 1. The third-order valence-corrected chi connectivity index (χ3v) is 6.45. The molecule has 0 aliphatic carbocycles. The molecule has 3 nitrogen and oxygen atoms in total. The molecule has 21 heavy (non-hydrogen) atoms. The van der Waals surface area contributed by atoms with Crippen LogP contribution in [0.2, 0.25) is 0 Å². The summed E-state index contributed by atoms with van der Waals surface area (Å²) in [6.45, 7) is 4.28. The van der Waals surface area contributed by atoms with Gasteiger partial charge in [-0.25, -0.2) is 4.98 Å². The minimum atomic E-state index is 0.289. The lowest BCUT2D eigenvalue weighted by Crippen LogP contribution is -2.02. The number of hydrogen-bond acceptors (Lipinski definition) is 3. The Balaban J connectivity index is 2.31. The molecule has 0 fully saturated rings. The zero-order valence-corrected chi connectivity index (χ0v) is 15.4. The number of benzene rings is 1. The van der Waals surface area contributed by atoms with Crippen LogP contribution in [0.5, 0.6) is 0 Å². The van der Waals surface area contributed by atoms with Crippen LogP contribution >= 0.6 is 43.2 Å². The number of hydrogen-bond donors (Lipinski definition) is 0. The number of aromatic nitrogens is 2. The quantitative estimate of drug-likeness (QED) is 0.526. The molecule has 0 aliphatic heterocycles. The van der Waals surface area contributed by atoms with E-state index in [1.807, 2.05) is 18.2 Å². The van der Waals surface area contributed by atoms with Crippen molar-refractivity contribution in [2.24, 2.45) is 0 Å². The van der Waals surface area contributed by atoms with Crippen molar-refractivity contribution in [2.45, 2.75) is 19.9 Å². The Hall–Kier alpha value is -1.16. The van der Waals surface area contributed by atoms with Crippen LogP contribution in [0.15, 0.2) is 32.5 Å². The second-order valence-corrected chi connectivity index (χ2v) is 8.17. The fourth-order valence-corrected chi connectivity index (χ4v) is 4.34. The predicted octanol–water partition coefficient (Wildman–Crippen LogP) is 5.74. The van der Waals surface area contributed by atoms with Crippen LogP contribution in [0.1, 0.15) is 25.5 Å². The largest absolute Gasteiger partial charge is 0.321 e. The van der Waals surface area contributed by atoms with Gasteiger partial charge in [-0.05, 0) is 70.0 Å². The highest BCUT2D eigenvalue weighted by atomic mass is 79.9. The van der Waals surface area contributed by atoms with E-state index in [0.717, 1.165) is 30.0 Å². The van der Waals surface area contributed by atoms with Gasteiger partial charge in [0.2, 0.25) is 0 Å². The van der Waals surface area contributed by atoms with Crippen molar-refractivity contribution in [3.8, 4) is 16.8 Å². The van der Waals surface area contributed by atoms with Crippen molar-refractivity contribution in [3.05, 3.63) is 38.1 Å². The summed E-state index contributed by atoms with van der Waals surface area (Å²) in [6, 6.07) is 10.2. The Labute approximate surface area is 143 Å². The van der Waals surface area contributed by atoms with Crippen molar-refractivity contribution in [3.63, 3.8) is 0 Å². The summed E-state index contributed by atoms with van der Waals surface area (Å²) >= 11 is 8.70.